The Morgan fingerprint density at radius 3 is 2.62 bits per heavy atom. The number of ether oxygens (including phenoxy) is 2. The second-order valence-corrected chi connectivity index (χ2v) is 7.93. The van der Waals surface area contributed by atoms with Gasteiger partial charge in [0, 0.05) is 18.0 Å². The zero-order valence-corrected chi connectivity index (χ0v) is 18.4. The molecular weight excluding hydrogens is 446 g/mol. The van der Waals surface area contributed by atoms with Crippen LogP contribution < -0.4 is 4.74 Å². The van der Waals surface area contributed by atoms with Gasteiger partial charge in [0.15, 0.2) is 0 Å². The minimum atomic E-state index is -0.882. The van der Waals surface area contributed by atoms with E-state index < -0.39 is 42.6 Å². The standard InChI is InChI=1S/C25H24F2N2O5/c1-15(31)25-28-8-9-29(25)18(12-30)5-2-17-10-22(27)20(11-21(17)26)16-3-6-19(7-4-16)34-24-14-33-13-23(24)32/h3-4,6-11,15,18,23-24,30-32H,12-14H2,1H3/t15-,18-,23+,24?/m0/s1. The zero-order chi connectivity index (χ0) is 24.2. The van der Waals surface area contributed by atoms with Gasteiger partial charge >= 0.3 is 0 Å². The van der Waals surface area contributed by atoms with Crippen molar-refractivity contribution in [2.75, 3.05) is 19.8 Å². The molecule has 3 aromatic rings. The number of imidazole rings is 1. The Kier molecular flexibility index (Phi) is 7.24. The monoisotopic (exact) mass is 470 g/mol. The topological polar surface area (TPSA) is 97.0 Å². The summed E-state index contributed by atoms with van der Waals surface area (Å²) >= 11 is 0. The lowest BCUT2D eigenvalue weighted by atomic mass is 10.0. The summed E-state index contributed by atoms with van der Waals surface area (Å²) in [4.78, 5) is 4.03. The highest BCUT2D eigenvalue weighted by molar-refractivity contribution is 5.66. The summed E-state index contributed by atoms with van der Waals surface area (Å²) in [5.74, 6) is 4.70. The largest absolute Gasteiger partial charge is 0.485 e. The summed E-state index contributed by atoms with van der Waals surface area (Å²) in [6.45, 7) is 1.62. The average Bonchev–Trinajstić information content (AvgIpc) is 3.46. The molecule has 0 spiro atoms. The highest BCUT2D eigenvalue weighted by atomic mass is 19.1. The number of aromatic nitrogens is 2. The van der Waals surface area contributed by atoms with Crippen LogP contribution in [0.5, 0.6) is 5.75 Å². The number of nitrogens with zero attached hydrogens (tertiary/aromatic N) is 2. The van der Waals surface area contributed by atoms with Gasteiger partial charge in [-0.2, -0.15) is 0 Å². The van der Waals surface area contributed by atoms with Crippen molar-refractivity contribution < 1.29 is 33.6 Å². The molecule has 4 rings (SSSR count). The van der Waals surface area contributed by atoms with Crippen LogP contribution in [-0.4, -0.2) is 56.9 Å². The van der Waals surface area contributed by atoms with Crippen LogP contribution in [0, 0.1) is 23.5 Å². The van der Waals surface area contributed by atoms with Gasteiger partial charge in [-0.1, -0.05) is 24.0 Å². The van der Waals surface area contributed by atoms with Crippen molar-refractivity contribution in [3.8, 4) is 28.7 Å². The molecule has 1 saturated heterocycles. The maximum absolute atomic E-state index is 14.8. The predicted molar refractivity (Wildman–Crippen MR) is 119 cm³/mol. The summed E-state index contributed by atoms with van der Waals surface area (Å²) < 4.78 is 41.9. The fourth-order valence-electron chi connectivity index (χ4n) is 3.66. The van der Waals surface area contributed by atoms with Crippen LogP contribution in [0.4, 0.5) is 8.78 Å². The molecule has 2 aromatic carbocycles. The van der Waals surface area contributed by atoms with Crippen molar-refractivity contribution in [1.29, 1.82) is 0 Å². The second kappa shape index (κ2) is 10.3. The normalized spacial score (nSPS) is 19.4. The van der Waals surface area contributed by atoms with E-state index >= 15 is 0 Å². The lowest BCUT2D eigenvalue weighted by Gasteiger charge is -2.15. The molecule has 0 saturated carbocycles. The molecule has 0 amide bonds. The molecule has 1 aromatic heterocycles. The molecule has 2 heterocycles. The molecule has 1 unspecified atom stereocenters. The highest BCUT2D eigenvalue weighted by Gasteiger charge is 2.28. The second-order valence-electron chi connectivity index (χ2n) is 7.93. The van der Waals surface area contributed by atoms with Crippen LogP contribution in [0.1, 0.15) is 30.5 Å². The van der Waals surface area contributed by atoms with Gasteiger partial charge in [-0.25, -0.2) is 13.8 Å². The number of hydrogen-bond acceptors (Lipinski definition) is 6. The molecule has 9 heteroatoms. The van der Waals surface area contributed by atoms with E-state index in [1.807, 2.05) is 0 Å². The maximum Gasteiger partial charge on any atom is 0.150 e. The van der Waals surface area contributed by atoms with Crippen LogP contribution in [-0.2, 0) is 4.74 Å². The predicted octanol–water partition coefficient (Wildman–Crippen LogP) is 2.61. The fourth-order valence-corrected chi connectivity index (χ4v) is 3.66. The smallest absolute Gasteiger partial charge is 0.150 e. The maximum atomic E-state index is 14.8. The van der Waals surface area contributed by atoms with Crippen molar-refractivity contribution in [2.24, 2.45) is 0 Å². The molecule has 1 fully saturated rings. The van der Waals surface area contributed by atoms with E-state index in [0.717, 1.165) is 12.1 Å². The van der Waals surface area contributed by atoms with E-state index in [1.165, 1.54) is 17.7 Å². The Labute approximate surface area is 195 Å². The summed E-state index contributed by atoms with van der Waals surface area (Å²) in [5, 5.41) is 29.3. The molecule has 7 nitrogen and oxygen atoms in total. The van der Waals surface area contributed by atoms with Gasteiger partial charge in [0.05, 0.1) is 25.4 Å². The Balaban J connectivity index is 1.54. The van der Waals surface area contributed by atoms with Gasteiger partial charge in [-0.05, 0) is 36.8 Å². The molecule has 4 atom stereocenters. The van der Waals surface area contributed by atoms with Crippen LogP contribution in [0.2, 0.25) is 0 Å². The van der Waals surface area contributed by atoms with E-state index in [1.54, 1.807) is 30.5 Å². The molecule has 178 valence electrons. The van der Waals surface area contributed by atoms with Gasteiger partial charge in [-0.3, -0.25) is 0 Å². The molecule has 1 aliphatic heterocycles. The third kappa shape index (κ3) is 5.11. The SMILES string of the molecule is C[C@H](O)c1nccn1[C@@H](C#Cc1cc(F)c(-c2ccc(OC3COC[C@H]3O)cc2)cc1F)CO. The molecule has 34 heavy (non-hydrogen) atoms. The zero-order valence-electron chi connectivity index (χ0n) is 18.4. The van der Waals surface area contributed by atoms with Gasteiger partial charge in [0.1, 0.15) is 47.6 Å². The molecule has 1 aliphatic rings. The number of hydrogen-bond donors (Lipinski definition) is 3. The fraction of sp³-hybridized carbons (Fsp3) is 0.320. The van der Waals surface area contributed by atoms with Crippen molar-refractivity contribution in [2.45, 2.75) is 31.3 Å². The van der Waals surface area contributed by atoms with Crippen molar-refractivity contribution in [3.05, 3.63) is 71.8 Å². The van der Waals surface area contributed by atoms with Crippen LogP contribution >= 0.6 is 0 Å². The van der Waals surface area contributed by atoms with Gasteiger partial charge in [0.2, 0.25) is 0 Å². The summed E-state index contributed by atoms with van der Waals surface area (Å²) in [6.07, 6.45) is 0.942. The van der Waals surface area contributed by atoms with E-state index in [4.69, 9.17) is 9.47 Å². The molecular formula is C25H24F2N2O5. The minimum absolute atomic E-state index is 0.0588. The minimum Gasteiger partial charge on any atom is -0.485 e. The van der Waals surface area contributed by atoms with E-state index in [9.17, 15) is 24.1 Å². The summed E-state index contributed by atoms with van der Waals surface area (Å²) in [5.41, 5.74) is 0.344. The number of rotatable bonds is 6. The Morgan fingerprint density at radius 1 is 1.21 bits per heavy atom. The first-order chi connectivity index (χ1) is 16.4. The number of benzene rings is 2. The third-order valence-electron chi connectivity index (χ3n) is 5.46. The summed E-state index contributed by atoms with van der Waals surface area (Å²) in [6, 6.07) is 7.70. The van der Waals surface area contributed by atoms with Gasteiger partial charge < -0.3 is 29.4 Å². The first-order valence-electron chi connectivity index (χ1n) is 10.7. The molecule has 3 N–H and O–H groups in total. The van der Waals surface area contributed by atoms with E-state index in [2.05, 4.69) is 16.8 Å². The highest BCUT2D eigenvalue weighted by Crippen LogP contribution is 2.28. The lowest BCUT2D eigenvalue weighted by molar-refractivity contribution is 0.0733. The lowest BCUT2D eigenvalue weighted by Crippen LogP contribution is -2.29. The molecule has 0 radical (unpaired) electrons. The summed E-state index contributed by atoms with van der Waals surface area (Å²) in [7, 11) is 0. The van der Waals surface area contributed by atoms with Crippen LogP contribution in [0.15, 0.2) is 48.8 Å². The Morgan fingerprint density at radius 2 is 1.97 bits per heavy atom. The van der Waals surface area contributed by atoms with Gasteiger partial charge in [0.25, 0.3) is 0 Å². The number of aliphatic hydroxyl groups excluding tert-OH is 3. The van der Waals surface area contributed by atoms with Crippen molar-refractivity contribution in [1.82, 2.24) is 9.55 Å². The van der Waals surface area contributed by atoms with Crippen LogP contribution in [0.25, 0.3) is 11.1 Å². The molecule has 0 aliphatic carbocycles. The average molecular weight is 470 g/mol. The first-order valence-corrected chi connectivity index (χ1v) is 10.7. The third-order valence-corrected chi connectivity index (χ3v) is 5.46. The number of halogens is 2. The van der Waals surface area contributed by atoms with E-state index in [0.29, 0.717) is 17.1 Å². The Bertz CT molecular complexity index is 1200. The Hall–Kier alpha value is -3.29. The molecule has 0 bridgehead atoms. The van der Waals surface area contributed by atoms with Crippen molar-refractivity contribution >= 4 is 0 Å². The quantitative estimate of drug-likeness (QED) is 0.480. The van der Waals surface area contributed by atoms with Crippen molar-refractivity contribution in [3.63, 3.8) is 0 Å². The first kappa shape index (κ1) is 23.9. The number of aliphatic hydroxyl groups is 3. The van der Waals surface area contributed by atoms with Crippen LogP contribution in [0.3, 0.4) is 0 Å². The van der Waals surface area contributed by atoms with Gasteiger partial charge in [-0.15, -0.1) is 0 Å². The van der Waals surface area contributed by atoms with E-state index in [-0.39, 0.29) is 24.3 Å².